The third kappa shape index (κ3) is 1.69. The Hall–Kier alpha value is -0.0400. The lowest BCUT2D eigenvalue weighted by Crippen LogP contribution is -2.53. The molecule has 1 nitrogen and oxygen atoms in total. The minimum atomic E-state index is 0.563. The van der Waals surface area contributed by atoms with Crippen molar-refractivity contribution in [3.8, 4) is 0 Å². The van der Waals surface area contributed by atoms with Gasteiger partial charge >= 0.3 is 0 Å². The van der Waals surface area contributed by atoms with Crippen molar-refractivity contribution < 1.29 is 0 Å². The topological polar surface area (TPSA) is 26.0 Å². The van der Waals surface area contributed by atoms with Crippen LogP contribution in [0.2, 0.25) is 0 Å². The smallest absolute Gasteiger partial charge is 0.0101 e. The van der Waals surface area contributed by atoms with Gasteiger partial charge in [0.15, 0.2) is 0 Å². The van der Waals surface area contributed by atoms with Crippen LogP contribution in [-0.4, -0.2) is 6.04 Å². The van der Waals surface area contributed by atoms with Crippen molar-refractivity contribution in [1.29, 1.82) is 0 Å². The predicted octanol–water partition coefficient (Wildman–Crippen LogP) is 3.58. The molecule has 0 aliphatic heterocycles. The Morgan fingerprint density at radius 2 is 1.29 bits per heavy atom. The van der Waals surface area contributed by atoms with Crippen molar-refractivity contribution in [2.75, 3.05) is 0 Å². The lowest BCUT2D eigenvalue weighted by Gasteiger charge is -2.56. The van der Waals surface area contributed by atoms with Crippen molar-refractivity contribution in [3.63, 3.8) is 0 Å². The molecule has 5 rings (SSSR count). The highest BCUT2D eigenvalue weighted by Crippen LogP contribution is 2.58. The summed E-state index contributed by atoms with van der Waals surface area (Å²) in [4.78, 5) is 0. The Kier molecular flexibility index (Phi) is 2.54. The largest absolute Gasteiger partial charge is 0.327 e. The van der Waals surface area contributed by atoms with E-state index in [4.69, 9.17) is 5.73 Å². The van der Waals surface area contributed by atoms with Gasteiger partial charge in [-0.2, -0.15) is 0 Å². The van der Waals surface area contributed by atoms with E-state index in [1.807, 2.05) is 0 Å². The summed E-state index contributed by atoms with van der Waals surface area (Å²) in [6, 6.07) is 0.563. The molecule has 1 atom stereocenters. The Bertz CT molecular complexity index is 264. The fraction of sp³-hybridized carbons (Fsp3) is 1.00. The Morgan fingerprint density at radius 3 is 1.82 bits per heavy atom. The zero-order valence-corrected chi connectivity index (χ0v) is 11.0. The zero-order valence-electron chi connectivity index (χ0n) is 11.0. The Morgan fingerprint density at radius 1 is 0.765 bits per heavy atom. The third-order valence-corrected chi connectivity index (χ3v) is 6.69. The molecule has 0 saturated heterocycles. The first kappa shape index (κ1) is 10.8. The average Bonchev–Trinajstić information content (AvgIpc) is 2.80. The molecule has 5 aliphatic carbocycles. The van der Waals surface area contributed by atoms with E-state index in [9.17, 15) is 0 Å². The van der Waals surface area contributed by atoms with Crippen molar-refractivity contribution in [2.45, 2.75) is 63.8 Å². The van der Waals surface area contributed by atoms with Crippen LogP contribution in [0, 0.1) is 35.5 Å². The summed E-state index contributed by atoms with van der Waals surface area (Å²) in [6.45, 7) is 0. The molecule has 0 heterocycles. The molecule has 0 radical (unpaired) electrons. The van der Waals surface area contributed by atoms with Crippen LogP contribution in [0.4, 0.5) is 0 Å². The fourth-order valence-corrected chi connectivity index (χ4v) is 6.25. The number of rotatable bonds is 2. The van der Waals surface area contributed by atoms with E-state index >= 15 is 0 Å². The highest BCUT2D eigenvalue weighted by molar-refractivity contribution is 5.02. The number of hydrogen-bond acceptors (Lipinski definition) is 1. The SMILES string of the molecule is NC(C1CCCC1)C1C2CC3CC(C2)CC1C3. The van der Waals surface area contributed by atoms with Crippen molar-refractivity contribution >= 4 is 0 Å². The third-order valence-electron chi connectivity index (χ3n) is 6.69. The van der Waals surface area contributed by atoms with Crippen LogP contribution < -0.4 is 5.73 Å². The molecule has 0 aromatic heterocycles. The molecule has 0 aromatic carbocycles. The second-order valence-corrected chi connectivity index (χ2v) is 7.63. The van der Waals surface area contributed by atoms with Crippen LogP contribution in [-0.2, 0) is 0 Å². The van der Waals surface area contributed by atoms with E-state index in [0.717, 1.165) is 35.5 Å². The first-order valence-corrected chi connectivity index (χ1v) is 8.07. The maximum Gasteiger partial charge on any atom is 0.0101 e. The minimum absolute atomic E-state index is 0.563. The van der Waals surface area contributed by atoms with Crippen LogP contribution >= 0.6 is 0 Å². The monoisotopic (exact) mass is 233 g/mol. The van der Waals surface area contributed by atoms with E-state index in [-0.39, 0.29) is 0 Å². The lowest BCUT2D eigenvalue weighted by atomic mass is 9.50. The summed E-state index contributed by atoms with van der Waals surface area (Å²) in [5.41, 5.74) is 6.70. The van der Waals surface area contributed by atoms with Gasteiger partial charge in [0, 0.05) is 6.04 Å². The van der Waals surface area contributed by atoms with Gasteiger partial charge in [0.1, 0.15) is 0 Å². The normalized spacial score (nSPS) is 51.0. The van der Waals surface area contributed by atoms with Gasteiger partial charge in [0.05, 0.1) is 0 Å². The molecular formula is C16H27N. The van der Waals surface area contributed by atoms with Crippen LogP contribution in [0.3, 0.4) is 0 Å². The molecule has 4 bridgehead atoms. The first-order valence-electron chi connectivity index (χ1n) is 8.07. The summed E-state index contributed by atoms with van der Waals surface area (Å²) in [5, 5.41) is 0. The lowest BCUT2D eigenvalue weighted by molar-refractivity contribution is -0.0539. The molecule has 2 N–H and O–H groups in total. The summed E-state index contributed by atoms with van der Waals surface area (Å²) >= 11 is 0. The quantitative estimate of drug-likeness (QED) is 0.775. The highest BCUT2D eigenvalue weighted by Gasteiger charge is 2.50. The van der Waals surface area contributed by atoms with Gasteiger partial charge in [-0.15, -0.1) is 0 Å². The molecule has 1 heteroatoms. The highest BCUT2D eigenvalue weighted by atomic mass is 14.7. The zero-order chi connectivity index (χ0) is 11.4. The average molecular weight is 233 g/mol. The van der Waals surface area contributed by atoms with Gasteiger partial charge in [-0.1, -0.05) is 12.8 Å². The molecule has 5 saturated carbocycles. The van der Waals surface area contributed by atoms with Gasteiger partial charge in [0.2, 0.25) is 0 Å². The summed E-state index contributed by atoms with van der Waals surface area (Å²) in [6.07, 6.45) is 13.5. The van der Waals surface area contributed by atoms with Gasteiger partial charge in [-0.25, -0.2) is 0 Å². The van der Waals surface area contributed by atoms with E-state index in [1.54, 1.807) is 6.42 Å². The molecule has 0 spiro atoms. The van der Waals surface area contributed by atoms with Gasteiger partial charge in [-0.05, 0) is 80.5 Å². The van der Waals surface area contributed by atoms with E-state index in [0.29, 0.717) is 6.04 Å². The van der Waals surface area contributed by atoms with Crippen molar-refractivity contribution in [2.24, 2.45) is 41.2 Å². The van der Waals surface area contributed by atoms with Crippen molar-refractivity contribution in [3.05, 3.63) is 0 Å². The number of nitrogens with two attached hydrogens (primary N) is 1. The van der Waals surface area contributed by atoms with Crippen molar-refractivity contribution in [1.82, 2.24) is 0 Å². The first-order chi connectivity index (χ1) is 8.31. The molecular weight excluding hydrogens is 206 g/mol. The summed E-state index contributed by atoms with van der Waals surface area (Å²) < 4.78 is 0. The molecule has 0 aromatic rings. The molecule has 17 heavy (non-hydrogen) atoms. The Balaban J connectivity index is 1.53. The maximum absolute atomic E-state index is 6.70. The van der Waals surface area contributed by atoms with E-state index in [1.165, 1.54) is 51.4 Å². The number of hydrogen-bond donors (Lipinski definition) is 1. The van der Waals surface area contributed by atoms with E-state index < -0.39 is 0 Å². The summed E-state index contributed by atoms with van der Waals surface area (Å²) in [7, 11) is 0. The minimum Gasteiger partial charge on any atom is -0.327 e. The molecule has 5 fully saturated rings. The second-order valence-electron chi connectivity index (χ2n) is 7.63. The maximum atomic E-state index is 6.70. The van der Waals surface area contributed by atoms with Gasteiger partial charge < -0.3 is 5.73 Å². The predicted molar refractivity (Wildman–Crippen MR) is 70.5 cm³/mol. The molecule has 96 valence electrons. The fourth-order valence-electron chi connectivity index (χ4n) is 6.25. The second kappa shape index (κ2) is 3.98. The summed E-state index contributed by atoms with van der Waals surface area (Å²) in [5.74, 6) is 6.07. The van der Waals surface area contributed by atoms with Gasteiger partial charge in [0.25, 0.3) is 0 Å². The Labute approximate surface area is 106 Å². The van der Waals surface area contributed by atoms with Crippen LogP contribution in [0.5, 0.6) is 0 Å². The molecule has 1 unspecified atom stereocenters. The van der Waals surface area contributed by atoms with Crippen LogP contribution in [0.25, 0.3) is 0 Å². The van der Waals surface area contributed by atoms with E-state index in [2.05, 4.69) is 0 Å². The molecule has 5 aliphatic rings. The van der Waals surface area contributed by atoms with Crippen LogP contribution in [0.15, 0.2) is 0 Å². The van der Waals surface area contributed by atoms with Gasteiger partial charge in [-0.3, -0.25) is 0 Å². The molecule has 0 amide bonds. The standard InChI is InChI=1S/C16H27N/c17-16(12-3-1-2-4-12)15-13-6-10-5-11(8-13)9-14(15)7-10/h10-16H,1-9,17H2. The van der Waals surface area contributed by atoms with Crippen LogP contribution in [0.1, 0.15) is 57.8 Å².